The van der Waals surface area contributed by atoms with Crippen molar-refractivity contribution < 1.29 is 14.3 Å². The quantitative estimate of drug-likeness (QED) is 0.795. The number of anilines is 1. The minimum atomic E-state index is -0.364. The Labute approximate surface area is 134 Å². The summed E-state index contributed by atoms with van der Waals surface area (Å²) >= 11 is 0. The number of nitrogens with zero attached hydrogens (tertiary/aromatic N) is 3. The molecule has 23 heavy (non-hydrogen) atoms. The average Bonchev–Trinajstić information content (AvgIpc) is 2.60. The second kappa shape index (κ2) is 6.16. The molecule has 1 amide bonds. The Balaban J connectivity index is 2.05. The normalized spacial score (nSPS) is 19.8. The van der Waals surface area contributed by atoms with Crippen LogP contribution in [0, 0.1) is 0 Å². The number of methoxy groups -OCH3 is 1. The summed E-state index contributed by atoms with van der Waals surface area (Å²) in [6.45, 7) is 1.92. The molecule has 1 aromatic carbocycles. The molecule has 1 aromatic heterocycles. The standard InChI is InChI=1S/C17H17N3O3/c1-11-9-13(17(22)23-2)12-5-3-4-6-15(12)20(11)16(21)14-10-18-7-8-19-14/h3-8,10-11,13H,9H2,1-2H3. The average molecular weight is 311 g/mol. The van der Waals surface area contributed by atoms with Crippen LogP contribution in [0.1, 0.15) is 35.3 Å². The number of ether oxygens (including phenoxy) is 1. The Morgan fingerprint density at radius 1 is 1.26 bits per heavy atom. The molecule has 2 unspecified atom stereocenters. The van der Waals surface area contributed by atoms with Crippen molar-refractivity contribution >= 4 is 17.6 Å². The third-order valence-electron chi connectivity index (χ3n) is 4.08. The molecule has 118 valence electrons. The van der Waals surface area contributed by atoms with Crippen molar-refractivity contribution in [2.75, 3.05) is 12.0 Å². The zero-order chi connectivity index (χ0) is 16.4. The van der Waals surface area contributed by atoms with Gasteiger partial charge in [-0.3, -0.25) is 14.6 Å². The maximum Gasteiger partial charge on any atom is 0.313 e. The SMILES string of the molecule is COC(=O)C1CC(C)N(C(=O)c2cnccn2)c2ccccc21. The second-order valence-electron chi connectivity index (χ2n) is 5.49. The lowest BCUT2D eigenvalue weighted by Gasteiger charge is -2.38. The van der Waals surface area contributed by atoms with E-state index in [1.54, 1.807) is 4.90 Å². The number of fused-ring (bicyclic) bond motifs is 1. The highest BCUT2D eigenvalue weighted by atomic mass is 16.5. The van der Waals surface area contributed by atoms with Crippen LogP contribution in [0.4, 0.5) is 5.69 Å². The summed E-state index contributed by atoms with van der Waals surface area (Å²) in [5, 5.41) is 0. The van der Waals surface area contributed by atoms with Gasteiger partial charge in [-0.15, -0.1) is 0 Å². The van der Waals surface area contributed by atoms with Crippen molar-refractivity contribution in [2.24, 2.45) is 0 Å². The highest BCUT2D eigenvalue weighted by Crippen LogP contribution is 2.39. The molecule has 6 heteroatoms. The van der Waals surface area contributed by atoms with Crippen molar-refractivity contribution in [3.05, 3.63) is 54.1 Å². The van der Waals surface area contributed by atoms with E-state index in [0.29, 0.717) is 6.42 Å². The number of carbonyl (C=O) groups is 2. The van der Waals surface area contributed by atoms with Gasteiger partial charge in [-0.2, -0.15) is 0 Å². The maximum atomic E-state index is 12.8. The Morgan fingerprint density at radius 3 is 2.74 bits per heavy atom. The van der Waals surface area contributed by atoms with E-state index in [4.69, 9.17) is 4.74 Å². The molecule has 1 aliphatic rings. The van der Waals surface area contributed by atoms with Crippen molar-refractivity contribution in [2.45, 2.75) is 25.3 Å². The first-order chi connectivity index (χ1) is 11.1. The lowest BCUT2D eigenvalue weighted by Crippen LogP contribution is -2.44. The number of carbonyl (C=O) groups excluding carboxylic acids is 2. The van der Waals surface area contributed by atoms with E-state index in [9.17, 15) is 9.59 Å². The molecule has 0 saturated carbocycles. The molecule has 0 N–H and O–H groups in total. The molecular weight excluding hydrogens is 294 g/mol. The highest BCUT2D eigenvalue weighted by Gasteiger charge is 2.37. The summed E-state index contributed by atoms with van der Waals surface area (Å²) in [6, 6.07) is 7.26. The van der Waals surface area contributed by atoms with Gasteiger partial charge in [-0.25, -0.2) is 4.98 Å². The third kappa shape index (κ3) is 2.67. The third-order valence-corrected chi connectivity index (χ3v) is 4.08. The molecule has 0 radical (unpaired) electrons. The van der Waals surface area contributed by atoms with Crippen LogP contribution >= 0.6 is 0 Å². The minimum Gasteiger partial charge on any atom is -0.469 e. The summed E-state index contributed by atoms with van der Waals surface area (Å²) in [6.07, 6.45) is 4.97. The molecule has 2 aromatic rings. The summed E-state index contributed by atoms with van der Waals surface area (Å²) in [7, 11) is 1.38. The van der Waals surface area contributed by atoms with Crippen molar-refractivity contribution in [3.63, 3.8) is 0 Å². The first-order valence-electron chi connectivity index (χ1n) is 7.39. The first kappa shape index (κ1) is 15.1. The summed E-state index contributed by atoms with van der Waals surface area (Å²) in [5.41, 5.74) is 1.80. The van der Waals surface area contributed by atoms with Crippen LogP contribution in [0.5, 0.6) is 0 Å². The number of esters is 1. The molecule has 0 bridgehead atoms. The van der Waals surface area contributed by atoms with Crippen molar-refractivity contribution in [1.82, 2.24) is 9.97 Å². The van der Waals surface area contributed by atoms with Gasteiger partial charge in [0.2, 0.25) is 0 Å². The van der Waals surface area contributed by atoms with Crippen molar-refractivity contribution in [3.8, 4) is 0 Å². The minimum absolute atomic E-state index is 0.150. The lowest BCUT2D eigenvalue weighted by molar-refractivity contribution is -0.142. The Bertz CT molecular complexity index is 733. The van der Waals surface area contributed by atoms with Gasteiger partial charge in [0.25, 0.3) is 5.91 Å². The molecule has 2 atom stereocenters. The molecule has 0 saturated heterocycles. The number of amides is 1. The fourth-order valence-corrected chi connectivity index (χ4v) is 3.02. The smallest absolute Gasteiger partial charge is 0.313 e. The van der Waals surface area contributed by atoms with Crippen LogP contribution in [0.3, 0.4) is 0 Å². The fourth-order valence-electron chi connectivity index (χ4n) is 3.02. The van der Waals surface area contributed by atoms with Crippen LogP contribution in [0.15, 0.2) is 42.9 Å². The van der Waals surface area contributed by atoms with Gasteiger partial charge in [0.1, 0.15) is 5.69 Å². The van der Waals surface area contributed by atoms with E-state index in [-0.39, 0.29) is 29.5 Å². The van der Waals surface area contributed by atoms with Gasteiger partial charge < -0.3 is 9.64 Å². The Hall–Kier alpha value is -2.76. The van der Waals surface area contributed by atoms with Crippen molar-refractivity contribution in [1.29, 1.82) is 0 Å². The molecule has 6 nitrogen and oxygen atoms in total. The van der Waals surface area contributed by atoms with Crippen LogP contribution in [-0.2, 0) is 9.53 Å². The number of hydrogen-bond acceptors (Lipinski definition) is 5. The second-order valence-corrected chi connectivity index (χ2v) is 5.49. The van der Waals surface area contributed by atoms with Crippen LogP contribution in [-0.4, -0.2) is 35.0 Å². The molecule has 1 aliphatic heterocycles. The molecule has 0 aliphatic carbocycles. The monoisotopic (exact) mass is 311 g/mol. The summed E-state index contributed by atoms with van der Waals surface area (Å²) in [4.78, 5) is 34.6. The van der Waals surface area contributed by atoms with E-state index < -0.39 is 0 Å². The van der Waals surface area contributed by atoms with Crippen LogP contribution in [0.2, 0.25) is 0 Å². The van der Waals surface area contributed by atoms with E-state index >= 15 is 0 Å². The highest BCUT2D eigenvalue weighted by molar-refractivity contribution is 6.06. The number of rotatable bonds is 2. The fraction of sp³-hybridized carbons (Fsp3) is 0.294. The molecule has 0 fully saturated rings. The Kier molecular flexibility index (Phi) is 4.06. The lowest BCUT2D eigenvalue weighted by atomic mass is 9.86. The van der Waals surface area contributed by atoms with Gasteiger partial charge in [-0.1, -0.05) is 18.2 Å². The van der Waals surface area contributed by atoms with Gasteiger partial charge >= 0.3 is 5.97 Å². The van der Waals surface area contributed by atoms with Crippen LogP contribution in [0.25, 0.3) is 0 Å². The van der Waals surface area contributed by atoms with Gasteiger partial charge in [0, 0.05) is 24.1 Å². The van der Waals surface area contributed by atoms with Crippen LogP contribution < -0.4 is 4.90 Å². The zero-order valence-electron chi connectivity index (χ0n) is 13.0. The predicted molar refractivity (Wildman–Crippen MR) is 84.1 cm³/mol. The largest absolute Gasteiger partial charge is 0.469 e. The van der Waals surface area contributed by atoms with E-state index in [1.807, 2.05) is 31.2 Å². The van der Waals surface area contributed by atoms with E-state index in [0.717, 1.165) is 11.3 Å². The number of hydrogen-bond donors (Lipinski definition) is 0. The number of aromatic nitrogens is 2. The number of para-hydroxylation sites is 1. The van der Waals surface area contributed by atoms with Gasteiger partial charge in [0.15, 0.2) is 0 Å². The summed E-state index contributed by atoms with van der Waals surface area (Å²) < 4.78 is 4.91. The molecule has 3 rings (SSSR count). The first-order valence-corrected chi connectivity index (χ1v) is 7.39. The molecule has 0 spiro atoms. The maximum absolute atomic E-state index is 12.8. The predicted octanol–water partition coefficient (Wildman–Crippen LogP) is 2.17. The van der Waals surface area contributed by atoms with E-state index in [2.05, 4.69) is 9.97 Å². The molecule has 2 heterocycles. The molecular formula is C17H17N3O3. The van der Waals surface area contributed by atoms with Gasteiger partial charge in [0.05, 0.1) is 19.2 Å². The Morgan fingerprint density at radius 2 is 2.04 bits per heavy atom. The summed E-state index contributed by atoms with van der Waals surface area (Å²) in [5.74, 6) is -0.866. The topological polar surface area (TPSA) is 72.4 Å². The number of benzene rings is 1. The zero-order valence-corrected chi connectivity index (χ0v) is 13.0. The van der Waals surface area contributed by atoms with E-state index in [1.165, 1.54) is 25.7 Å². The van der Waals surface area contributed by atoms with Gasteiger partial charge in [-0.05, 0) is 25.0 Å².